The summed E-state index contributed by atoms with van der Waals surface area (Å²) >= 11 is 1.63. The largest absolute Gasteiger partial charge is 0.354 e. The number of amides is 1. The number of rotatable bonds is 7. The molecule has 1 aliphatic rings. The van der Waals surface area contributed by atoms with Crippen molar-refractivity contribution >= 4 is 33.5 Å². The van der Waals surface area contributed by atoms with Gasteiger partial charge in [0.25, 0.3) is 10.0 Å². The van der Waals surface area contributed by atoms with Gasteiger partial charge in [0.05, 0.1) is 4.90 Å². The molecule has 6 nitrogen and oxygen atoms in total. The summed E-state index contributed by atoms with van der Waals surface area (Å²) in [6.07, 6.45) is 2.52. The molecule has 2 N–H and O–H groups in total. The molecular formula is C16H23N3O3S2. The maximum Gasteiger partial charge on any atom is 0.263 e. The van der Waals surface area contributed by atoms with Gasteiger partial charge in [-0.2, -0.15) is 11.8 Å². The zero-order chi connectivity index (χ0) is 17.7. The molecular weight excluding hydrogens is 346 g/mol. The van der Waals surface area contributed by atoms with Crippen LogP contribution in [0.3, 0.4) is 0 Å². The lowest BCUT2D eigenvalue weighted by molar-refractivity contribution is -0.122. The van der Waals surface area contributed by atoms with Crippen LogP contribution in [0.4, 0.5) is 0 Å². The van der Waals surface area contributed by atoms with Crippen molar-refractivity contribution in [1.29, 1.82) is 0 Å². The minimum atomic E-state index is -3.59. The third-order valence-electron chi connectivity index (χ3n) is 3.53. The number of hydrogen-bond donors (Lipinski definition) is 2. The molecule has 0 radical (unpaired) electrons. The molecule has 24 heavy (non-hydrogen) atoms. The predicted molar refractivity (Wildman–Crippen MR) is 97.9 cm³/mol. The summed E-state index contributed by atoms with van der Waals surface area (Å²) in [5.74, 6) is 1.18. The van der Waals surface area contributed by atoms with E-state index in [1.165, 1.54) is 6.07 Å². The van der Waals surface area contributed by atoms with Crippen molar-refractivity contribution in [2.45, 2.75) is 31.2 Å². The fourth-order valence-corrected chi connectivity index (χ4v) is 3.99. The number of hydrogen-bond acceptors (Lipinski definition) is 5. The Hall–Kier alpha value is -1.54. The number of amidine groups is 1. The van der Waals surface area contributed by atoms with Gasteiger partial charge in [0, 0.05) is 12.1 Å². The molecule has 0 saturated heterocycles. The molecule has 1 amide bonds. The second-order valence-electron chi connectivity index (χ2n) is 6.02. The second-order valence-corrected chi connectivity index (χ2v) is 8.65. The zero-order valence-corrected chi connectivity index (χ0v) is 15.7. The van der Waals surface area contributed by atoms with Crippen LogP contribution in [0.1, 0.15) is 25.8 Å². The lowest BCUT2D eigenvalue weighted by atomic mass is 10.1. The average Bonchev–Trinajstić information content (AvgIpc) is 2.80. The Morgan fingerprint density at radius 3 is 2.71 bits per heavy atom. The van der Waals surface area contributed by atoms with Crippen molar-refractivity contribution in [1.82, 2.24) is 10.0 Å². The van der Waals surface area contributed by atoms with Gasteiger partial charge in [-0.15, -0.1) is 0 Å². The van der Waals surface area contributed by atoms with Gasteiger partial charge in [0.2, 0.25) is 5.91 Å². The molecule has 8 heteroatoms. The number of aliphatic imine (C=N–C) groups is 1. The van der Waals surface area contributed by atoms with Crippen molar-refractivity contribution in [3.8, 4) is 0 Å². The lowest BCUT2D eigenvalue weighted by Crippen LogP contribution is -2.37. The van der Waals surface area contributed by atoms with Gasteiger partial charge in [-0.25, -0.2) is 8.42 Å². The van der Waals surface area contributed by atoms with Crippen LogP contribution in [-0.2, 0) is 14.8 Å². The zero-order valence-electron chi connectivity index (χ0n) is 14.1. The highest BCUT2D eigenvalue weighted by atomic mass is 32.2. The molecule has 0 fully saturated rings. The van der Waals surface area contributed by atoms with Gasteiger partial charge in [0.15, 0.2) is 0 Å². The topological polar surface area (TPSA) is 87.6 Å². The first-order chi connectivity index (χ1) is 11.3. The minimum absolute atomic E-state index is 0.172. The van der Waals surface area contributed by atoms with Gasteiger partial charge in [-0.1, -0.05) is 26.0 Å². The third kappa shape index (κ3) is 4.51. The number of fused-ring (bicyclic) bond motifs is 1. The Morgan fingerprint density at radius 2 is 2.04 bits per heavy atom. The summed E-state index contributed by atoms with van der Waals surface area (Å²) < 4.78 is 26.8. The first-order valence-corrected chi connectivity index (χ1v) is 10.7. The first kappa shape index (κ1) is 18.8. The summed E-state index contributed by atoms with van der Waals surface area (Å²) in [5.41, 5.74) is 0.517. The summed E-state index contributed by atoms with van der Waals surface area (Å²) in [7, 11) is -3.59. The SMILES string of the molecule is CSCCC(N=C1NS(=O)(=O)c2ccccc21)C(=O)NCC(C)C. The summed E-state index contributed by atoms with van der Waals surface area (Å²) in [6, 6.07) is 6.05. The smallest absolute Gasteiger partial charge is 0.263 e. The molecule has 0 bridgehead atoms. The van der Waals surface area contributed by atoms with E-state index >= 15 is 0 Å². The molecule has 0 aromatic heterocycles. The number of nitrogens with zero attached hydrogens (tertiary/aromatic N) is 1. The molecule has 1 heterocycles. The van der Waals surface area contributed by atoms with Crippen LogP contribution in [0.5, 0.6) is 0 Å². The Labute approximate surface area is 147 Å². The molecule has 0 aliphatic carbocycles. The number of sulfonamides is 1. The molecule has 1 aromatic rings. The third-order valence-corrected chi connectivity index (χ3v) is 5.57. The summed E-state index contributed by atoms with van der Waals surface area (Å²) in [4.78, 5) is 17.0. The maximum absolute atomic E-state index is 12.4. The van der Waals surface area contributed by atoms with Crippen molar-refractivity contribution in [3.05, 3.63) is 29.8 Å². The van der Waals surface area contributed by atoms with E-state index in [2.05, 4.69) is 15.0 Å². The minimum Gasteiger partial charge on any atom is -0.354 e. The Kier molecular flexibility index (Phi) is 6.28. The van der Waals surface area contributed by atoms with Gasteiger partial charge < -0.3 is 5.32 Å². The van der Waals surface area contributed by atoms with E-state index < -0.39 is 16.1 Å². The van der Waals surface area contributed by atoms with E-state index in [0.29, 0.717) is 24.4 Å². The average molecular weight is 370 g/mol. The van der Waals surface area contributed by atoms with E-state index in [9.17, 15) is 13.2 Å². The molecule has 0 saturated carbocycles. The van der Waals surface area contributed by atoms with Crippen LogP contribution in [0.2, 0.25) is 0 Å². The highest BCUT2D eigenvalue weighted by Gasteiger charge is 2.31. The van der Waals surface area contributed by atoms with Crippen LogP contribution in [0.15, 0.2) is 34.2 Å². The Bertz CT molecular complexity index is 730. The van der Waals surface area contributed by atoms with Crippen LogP contribution in [-0.4, -0.2) is 44.8 Å². The maximum atomic E-state index is 12.4. The molecule has 0 spiro atoms. The van der Waals surface area contributed by atoms with E-state index in [1.54, 1.807) is 30.0 Å². The molecule has 1 aromatic carbocycles. The van der Waals surface area contributed by atoms with Crippen molar-refractivity contribution < 1.29 is 13.2 Å². The van der Waals surface area contributed by atoms with Crippen LogP contribution >= 0.6 is 11.8 Å². The Morgan fingerprint density at radius 1 is 1.33 bits per heavy atom. The number of nitrogens with one attached hydrogen (secondary N) is 2. The van der Waals surface area contributed by atoms with Crippen molar-refractivity contribution in [2.75, 3.05) is 18.6 Å². The highest BCUT2D eigenvalue weighted by molar-refractivity contribution is 7.98. The first-order valence-electron chi connectivity index (χ1n) is 7.82. The van der Waals surface area contributed by atoms with Gasteiger partial charge in [-0.3, -0.25) is 14.5 Å². The fraction of sp³-hybridized carbons (Fsp3) is 0.500. The fourth-order valence-electron chi connectivity index (χ4n) is 2.29. The normalized spacial score (nSPS) is 18.2. The van der Waals surface area contributed by atoms with E-state index in [-0.39, 0.29) is 16.6 Å². The standard InChI is InChI=1S/C16H23N3O3S2/c1-11(2)10-17-16(20)13(8-9-23-3)18-15-12-6-4-5-7-14(12)24(21,22)19-15/h4-7,11,13H,8-10H2,1-3H3,(H,17,20)(H,18,19). The summed E-state index contributed by atoms with van der Waals surface area (Å²) in [5, 5.41) is 2.88. The lowest BCUT2D eigenvalue weighted by Gasteiger charge is -2.15. The predicted octanol–water partition coefficient (Wildman–Crippen LogP) is 1.62. The molecule has 1 atom stereocenters. The van der Waals surface area contributed by atoms with Crippen molar-refractivity contribution in [2.24, 2.45) is 10.9 Å². The van der Waals surface area contributed by atoms with Crippen molar-refractivity contribution in [3.63, 3.8) is 0 Å². The number of thioether (sulfide) groups is 1. The number of carbonyl (C=O) groups excluding carboxylic acids is 1. The van der Waals surface area contributed by atoms with E-state index in [0.717, 1.165) is 5.75 Å². The van der Waals surface area contributed by atoms with E-state index in [1.807, 2.05) is 20.1 Å². The van der Waals surface area contributed by atoms with Gasteiger partial charge in [0.1, 0.15) is 11.9 Å². The van der Waals surface area contributed by atoms with Gasteiger partial charge in [-0.05, 0) is 36.5 Å². The second kappa shape index (κ2) is 8.02. The molecule has 1 aliphatic heterocycles. The molecule has 132 valence electrons. The van der Waals surface area contributed by atoms with Crippen LogP contribution in [0, 0.1) is 5.92 Å². The highest BCUT2D eigenvalue weighted by Crippen LogP contribution is 2.23. The van der Waals surface area contributed by atoms with Crippen LogP contribution in [0.25, 0.3) is 0 Å². The number of benzene rings is 1. The summed E-state index contributed by atoms with van der Waals surface area (Å²) in [6.45, 7) is 4.61. The van der Waals surface area contributed by atoms with Gasteiger partial charge >= 0.3 is 0 Å². The monoisotopic (exact) mass is 369 g/mol. The molecule has 2 rings (SSSR count). The quantitative estimate of drug-likeness (QED) is 0.764. The molecule has 1 unspecified atom stereocenters. The van der Waals surface area contributed by atoms with E-state index in [4.69, 9.17) is 0 Å². The Balaban J connectivity index is 2.28. The number of carbonyl (C=O) groups is 1. The van der Waals surface area contributed by atoms with Crippen LogP contribution < -0.4 is 10.0 Å².